The van der Waals surface area contributed by atoms with E-state index in [4.69, 9.17) is 40.2 Å². The van der Waals surface area contributed by atoms with E-state index in [1.165, 1.54) is 83.5 Å². The SMILES string of the molecule is CCCCCCCCCCCCCCCCNC(=S)NC(=O)COc1ccc(Cl)cc1Cl. The molecule has 1 aromatic carbocycles. The normalized spacial score (nSPS) is 10.7. The van der Waals surface area contributed by atoms with E-state index < -0.39 is 0 Å². The molecule has 0 aromatic heterocycles. The van der Waals surface area contributed by atoms with Crippen molar-refractivity contribution in [1.82, 2.24) is 10.6 Å². The minimum Gasteiger partial charge on any atom is -0.482 e. The number of carbonyl (C=O) groups is 1. The lowest BCUT2D eigenvalue weighted by Gasteiger charge is -2.11. The summed E-state index contributed by atoms with van der Waals surface area (Å²) in [5.41, 5.74) is 0. The topological polar surface area (TPSA) is 50.4 Å². The van der Waals surface area contributed by atoms with E-state index >= 15 is 0 Å². The molecule has 0 aliphatic carbocycles. The number of halogens is 2. The van der Waals surface area contributed by atoms with Crippen LogP contribution in [0.3, 0.4) is 0 Å². The Morgan fingerprint density at radius 2 is 1.41 bits per heavy atom. The van der Waals surface area contributed by atoms with Gasteiger partial charge in [-0.2, -0.15) is 0 Å². The summed E-state index contributed by atoms with van der Waals surface area (Å²) in [5, 5.41) is 6.90. The van der Waals surface area contributed by atoms with Crippen LogP contribution in [-0.2, 0) is 4.79 Å². The van der Waals surface area contributed by atoms with Gasteiger partial charge in [-0.1, -0.05) is 114 Å². The van der Waals surface area contributed by atoms with Gasteiger partial charge in [0.1, 0.15) is 5.75 Å². The van der Waals surface area contributed by atoms with Gasteiger partial charge in [0.25, 0.3) is 5.91 Å². The molecule has 0 heterocycles. The number of hydrogen-bond acceptors (Lipinski definition) is 3. The van der Waals surface area contributed by atoms with Crippen LogP contribution in [-0.4, -0.2) is 24.2 Å². The zero-order valence-electron chi connectivity index (χ0n) is 19.5. The van der Waals surface area contributed by atoms with Gasteiger partial charge in [-0.05, 0) is 36.8 Å². The maximum Gasteiger partial charge on any atom is 0.264 e. The van der Waals surface area contributed by atoms with E-state index in [9.17, 15) is 4.79 Å². The van der Waals surface area contributed by atoms with Gasteiger partial charge >= 0.3 is 0 Å². The number of hydrogen-bond donors (Lipinski definition) is 2. The van der Waals surface area contributed by atoms with Crippen LogP contribution in [0, 0.1) is 0 Å². The Labute approximate surface area is 210 Å². The molecule has 0 saturated carbocycles. The van der Waals surface area contributed by atoms with Gasteiger partial charge in [0.05, 0.1) is 5.02 Å². The fourth-order valence-electron chi connectivity index (χ4n) is 3.46. The molecule has 1 rings (SSSR count). The lowest BCUT2D eigenvalue weighted by atomic mass is 10.0. The Morgan fingerprint density at radius 3 is 1.94 bits per heavy atom. The summed E-state index contributed by atoms with van der Waals surface area (Å²) in [6.07, 6.45) is 18.7. The smallest absolute Gasteiger partial charge is 0.264 e. The molecule has 0 unspecified atom stereocenters. The molecular formula is C25H40Cl2N2O2S. The minimum atomic E-state index is -0.325. The first-order chi connectivity index (χ1) is 15.5. The third-order valence-electron chi connectivity index (χ3n) is 5.32. The largest absolute Gasteiger partial charge is 0.482 e. The van der Waals surface area contributed by atoms with Crippen molar-refractivity contribution in [2.75, 3.05) is 13.2 Å². The number of thiocarbonyl (C=S) groups is 1. The molecule has 182 valence electrons. The van der Waals surface area contributed by atoms with Crippen molar-refractivity contribution in [3.63, 3.8) is 0 Å². The third-order valence-corrected chi connectivity index (χ3v) is 6.10. The molecule has 4 nitrogen and oxygen atoms in total. The zero-order valence-corrected chi connectivity index (χ0v) is 21.9. The first kappa shape index (κ1) is 29.0. The van der Waals surface area contributed by atoms with Crippen LogP contribution in [0.2, 0.25) is 10.0 Å². The van der Waals surface area contributed by atoms with Crippen LogP contribution >= 0.6 is 35.4 Å². The lowest BCUT2D eigenvalue weighted by molar-refractivity contribution is -0.121. The predicted molar refractivity (Wildman–Crippen MR) is 141 cm³/mol. The van der Waals surface area contributed by atoms with Gasteiger partial charge in [0.15, 0.2) is 11.7 Å². The Bertz CT molecular complexity index is 659. The van der Waals surface area contributed by atoms with Crippen molar-refractivity contribution < 1.29 is 9.53 Å². The first-order valence-corrected chi connectivity index (χ1v) is 13.3. The van der Waals surface area contributed by atoms with Crippen molar-refractivity contribution in [3.8, 4) is 5.75 Å². The second-order valence-electron chi connectivity index (χ2n) is 8.26. The highest BCUT2D eigenvalue weighted by atomic mass is 35.5. The van der Waals surface area contributed by atoms with Crippen molar-refractivity contribution >= 4 is 46.4 Å². The number of carbonyl (C=O) groups excluding carboxylic acids is 1. The molecule has 0 radical (unpaired) electrons. The summed E-state index contributed by atoms with van der Waals surface area (Å²) in [5.74, 6) is 0.0852. The molecule has 0 atom stereocenters. The Morgan fingerprint density at radius 1 is 0.875 bits per heavy atom. The molecule has 0 aliphatic heterocycles. The van der Waals surface area contributed by atoms with Gasteiger partial charge < -0.3 is 15.4 Å². The van der Waals surface area contributed by atoms with Gasteiger partial charge in [-0.3, -0.25) is 4.79 Å². The molecule has 1 amide bonds. The van der Waals surface area contributed by atoms with E-state index in [0.29, 0.717) is 20.9 Å². The monoisotopic (exact) mass is 502 g/mol. The molecule has 0 fully saturated rings. The fourth-order valence-corrected chi connectivity index (χ4v) is 4.14. The third kappa shape index (κ3) is 15.7. The highest BCUT2D eigenvalue weighted by molar-refractivity contribution is 7.80. The summed E-state index contributed by atoms with van der Waals surface area (Å²) < 4.78 is 5.40. The first-order valence-electron chi connectivity index (χ1n) is 12.2. The van der Waals surface area contributed by atoms with E-state index in [1.807, 2.05) is 0 Å². The maximum atomic E-state index is 11.9. The molecule has 32 heavy (non-hydrogen) atoms. The van der Waals surface area contributed by atoms with E-state index in [2.05, 4.69) is 17.6 Å². The van der Waals surface area contributed by atoms with Crippen LogP contribution in [0.4, 0.5) is 0 Å². The molecule has 0 aliphatic rings. The quantitative estimate of drug-likeness (QED) is 0.158. The van der Waals surface area contributed by atoms with Crippen LogP contribution in [0.1, 0.15) is 96.8 Å². The molecule has 0 spiro atoms. The Hall–Kier alpha value is -1.04. The van der Waals surface area contributed by atoms with E-state index in [1.54, 1.807) is 18.2 Å². The van der Waals surface area contributed by atoms with E-state index in [-0.39, 0.29) is 12.5 Å². The fraction of sp³-hybridized carbons (Fsp3) is 0.680. The number of rotatable bonds is 18. The van der Waals surface area contributed by atoms with Crippen molar-refractivity contribution in [3.05, 3.63) is 28.2 Å². The second-order valence-corrected chi connectivity index (χ2v) is 9.52. The van der Waals surface area contributed by atoms with Crippen LogP contribution in [0.5, 0.6) is 5.75 Å². The Balaban J connectivity index is 1.90. The summed E-state index contributed by atoms with van der Waals surface area (Å²) in [6, 6.07) is 4.85. The number of unbranched alkanes of at least 4 members (excludes halogenated alkanes) is 13. The molecule has 0 saturated heterocycles. The predicted octanol–water partition coefficient (Wildman–Crippen LogP) is 7.84. The van der Waals surface area contributed by atoms with Crippen molar-refractivity contribution in [2.24, 2.45) is 0 Å². The highest BCUT2D eigenvalue weighted by Crippen LogP contribution is 2.27. The van der Waals surface area contributed by atoms with Gasteiger partial charge in [0, 0.05) is 11.6 Å². The summed E-state index contributed by atoms with van der Waals surface area (Å²) in [6.45, 7) is 2.87. The molecule has 0 bridgehead atoms. The summed E-state index contributed by atoms with van der Waals surface area (Å²) in [7, 11) is 0. The van der Waals surface area contributed by atoms with Gasteiger partial charge in [-0.25, -0.2) is 0 Å². The molecule has 2 N–H and O–H groups in total. The average Bonchev–Trinajstić information content (AvgIpc) is 2.75. The summed E-state index contributed by atoms with van der Waals surface area (Å²) in [4.78, 5) is 11.9. The molecular weight excluding hydrogens is 463 g/mol. The van der Waals surface area contributed by atoms with Crippen LogP contribution < -0.4 is 15.4 Å². The van der Waals surface area contributed by atoms with Crippen LogP contribution in [0.15, 0.2) is 18.2 Å². The maximum absolute atomic E-state index is 11.9. The lowest BCUT2D eigenvalue weighted by Crippen LogP contribution is -2.41. The van der Waals surface area contributed by atoms with E-state index in [0.717, 1.165) is 13.0 Å². The average molecular weight is 504 g/mol. The van der Waals surface area contributed by atoms with Crippen molar-refractivity contribution in [2.45, 2.75) is 96.8 Å². The van der Waals surface area contributed by atoms with Crippen LogP contribution in [0.25, 0.3) is 0 Å². The molecule has 1 aromatic rings. The number of nitrogens with one attached hydrogen (secondary N) is 2. The van der Waals surface area contributed by atoms with Crippen molar-refractivity contribution in [1.29, 1.82) is 0 Å². The van der Waals surface area contributed by atoms with Gasteiger partial charge in [0.2, 0.25) is 0 Å². The Kier molecular flexibility index (Phi) is 17.6. The highest BCUT2D eigenvalue weighted by Gasteiger charge is 2.08. The summed E-state index contributed by atoms with van der Waals surface area (Å²) >= 11 is 17.0. The number of amides is 1. The second kappa shape index (κ2) is 19.4. The standard InChI is InChI=1S/C25H40Cl2N2O2S/c1-2-3-4-5-6-7-8-9-10-11-12-13-14-15-18-28-25(32)29-24(30)20-31-23-17-16-21(26)19-22(23)27/h16-17,19H,2-15,18,20H2,1H3,(H2,28,29,30,32). The zero-order chi connectivity index (χ0) is 23.4. The number of benzene rings is 1. The number of ether oxygens (including phenoxy) is 1. The minimum absolute atomic E-state index is 0.165. The van der Waals surface area contributed by atoms with Gasteiger partial charge in [-0.15, -0.1) is 0 Å². The molecule has 7 heteroatoms.